The van der Waals surface area contributed by atoms with Gasteiger partial charge in [0.15, 0.2) is 0 Å². The van der Waals surface area contributed by atoms with E-state index < -0.39 is 29.4 Å². The molecule has 2 rings (SSSR count). The fraction of sp³-hybridized carbons (Fsp3) is 0.286. The number of aromatic nitrogens is 2. The first-order valence-electron chi connectivity index (χ1n) is 6.36. The molecule has 0 unspecified atom stereocenters. The van der Waals surface area contributed by atoms with Crippen molar-refractivity contribution in [2.24, 2.45) is 0 Å². The van der Waals surface area contributed by atoms with Gasteiger partial charge >= 0.3 is 12.4 Å². The third kappa shape index (κ3) is 3.91. The summed E-state index contributed by atoms with van der Waals surface area (Å²) in [5, 5.41) is 0. The molecule has 0 saturated carbocycles. The summed E-state index contributed by atoms with van der Waals surface area (Å²) in [6.07, 6.45) is -8.60. The van der Waals surface area contributed by atoms with Crippen molar-refractivity contribution < 1.29 is 31.1 Å². The van der Waals surface area contributed by atoms with Crippen molar-refractivity contribution in [2.75, 3.05) is 6.61 Å². The van der Waals surface area contributed by atoms with Crippen molar-refractivity contribution in [3.8, 4) is 17.0 Å². The number of alkyl halides is 6. The first-order valence-corrected chi connectivity index (χ1v) is 6.36. The quantitative estimate of drug-likeness (QED) is 0.770. The average Bonchev–Trinajstić information content (AvgIpc) is 2.45. The van der Waals surface area contributed by atoms with E-state index in [1.807, 2.05) is 0 Å². The summed E-state index contributed by atoms with van der Waals surface area (Å²) >= 11 is 0. The summed E-state index contributed by atoms with van der Waals surface area (Å²) in [4.78, 5) is 6.77. The van der Waals surface area contributed by atoms with E-state index in [1.54, 1.807) is 0 Å². The fourth-order valence-electron chi connectivity index (χ4n) is 1.86. The Hall–Kier alpha value is -2.32. The second-order valence-corrected chi connectivity index (χ2v) is 4.43. The van der Waals surface area contributed by atoms with E-state index in [0.29, 0.717) is 12.4 Å². The highest BCUT2D eigenvalue weighted by atomic mass is 19.4. The molecule has 0 N–H and O–H groups in total. The Bertz CT molecular complexity index is 696. The number of hydrogen-bond acceptors (Lipinski definition) is 3. The summed E-state index contributed by atoms with van der Waals surface area (Å²) in [6, 6.07) is 3.46. The molecular weight excluding hydrogens is 326 g/mol. The molecule has 23 heavy (non-hydrogen) atoms. The van der Waals surface area contributed by atoms with Gasteiger partial charge in [-0.2, -0.15) is 26.3 Å². The van der Waals surface area contributed by atoms with E-state index in [2.05, 4.69) is 9.97 Å². The number of nitrogens with zero attached hydrogens (tertiary/aromatic N) is 2. The van der Waals surface area contributed by atoms with Gasteiger partial charge in [0.2, 0.25) is 0 Å². The Labute approximate surface area is 126 Å². The van der Waals surface area contributed by atoms with E-state index in [-0.39, 0.29) is 17.9 Å². The molecule has 0 aliphatic carbocycles. The maximum atomic E-state index is 12.9. The Morgan fingerprint density at radius 3 is 2.22 bits per heavy atom. The van der Waals surface area contributed by atoms with E-state index in [4.69, 9.17) is 4.74 Å². The highest BCUT2D eigenvalue weighted by Gasteiger charge is 2.35. The third-order valence-electron chi connectivity index (χ3n) is 2.84. The topological polar surface area (TPSA) is 35.0 Å². The van der Waals surface area contributed by atoms with Gasteiger partial charge in [-0.25, -0.2) is 9.97 Å². The highest BCUT2D eigenvalue weighted by Crippen LogP contribution is 2.38. The Kier molecular flexibility index (Phi) is 4.49. The number of ether oxygens (including phenoxy) is 1. The molecule has 0 radical (unpaired) electrons. The van der Waals surface area contributed by atoms with Crippen molar-refractivity contribution in [3.05, 3.63) is 41.9 Å². The Balaban J connectivity index is 2.51. The van der Waals surface area contributed by atoms with Crippen molar-refractivity contribution in [1.29, 1.82) is 0 Å². The zero-order valence-electron chi connectivity index (χ0n) is 11.7. The molecule has 9 heteroatoms. The summed E-state index contributed by atoms with van der Waals surface area (Å²) < 4.78 is 81.5. The van der Waals surface area contributed by atoms with Gasteiger partial charge in [0, 0.05) is 5.56 Å². The van der Waals surface area contributed by atoms with Gasteiger partial charge in [0.05, 0.1) is 17.9 Å². The maximum absolute atomic E-state index is 12.9. The molecule has 2 aromatic rings. The number of halogens is 6. The molecule has 1 heterocycles. The second-order valence-electron chi connectivity index (χ2n) is 4.43. The molecular formula is C14H10F6N2O. The van der Waals surface area contributed by atoms with E-state index >= 15 is 0 Å². The minimum atomic E-state index is -4.67. The van der Waals surface area contributed by atoms with Gasteiger partial charge in [0.1, 0.15) is 17.8 Å². The molecule has 1 aromatic carbocycles. The highest BCUT2D eigenvalue weighted by molar-refractivity contribution is 5.63. The van der Waals surface area contributed by atoms with E-state index in [9.17, 15) is 26.3 Å². The van der Waals surface area contributed by atoms with Crippen LogP contribution in [0.2, 0.25) is 0 Å². The predicted molar refractivity (Wildman–Crippen MR) is 68.6 cm³/mol. The van der Waals surface area contributed by atoms with Crippen molar-refractivity contribution in [3.63, 3.8) is 0 Å². The van der Waals surface area contributed by atoms with Gasteiger partial charge in [-0.15, -0.1) is 0 Å². The molecule has 0 bridgehead atoms. The SMILES string of the molecule is CCOc1cc(-c2cc(C(F)(F)F)ncn2)ccc1C(F)(F)F. The van der Waals surface area contributed by atoms with Crippen molar-refractivity contribution >= 4 is 0 Å². The maximum Gasteiger partial charge on any atom is 0.433 e. The molecule has 0 aliphatic rings. The first kappa shape index (κ1) is 17.0. The summed E-state index contributed by atoms with van der Waals surface area (Å²) in [7, 11) is 0. The lowest BCUT2D eigenvalue weighted by Gasteiger charge is -2.14. The van der Waals surface area contributed by atoms with E-state index in [0.717, 1.165) is 18.2 Å². The van der Waals surface area contributed by atoms with Crippen LogP contribution in [0.4, 0.5) is 26.3 Å². The van der Waals surface area contributed by atoms with Crippen LogP contribution in [0.3, 0.4) is 0 Å². The van der Waals surface area contributed by atoms with Crippen LogP contribution in [0.5, 0.6) is 5.75 Å². The molecule has 1 aromatic heterocycles. The number of hydrogen-bond donors (Lipinski definition) is 0. The Morgan fingerprint density at radius 2 is 1.65 bits per heavy atom. The molecule has 0 saturated heterocycles. The van der Waals surface area contributed by atoms with Gasteiger partial charge in [-0.1, -0.05) is 6.07 Å². The van der Waals surface area contributed by atoms with Crippen LogP contribution in [-0.4, -0.2) is 16.6 Å². The first-order chi connectivity index (χ1) is 10.6. The normalized spacial score (nSPS) is 12.3. The lowest BCUT2D eigenvalue weighted by molar-refractivity contribution is -0.141. The van der Waals surface area contributed by atoms with E-state index in [1.165, 1.54) is 6.92 Å². The molecule has 3 nitrogen and oxygen atoms in total. The fourth-order valence-corrected chi connectivity index (χ4v) is 1.86. The molecule has 0 aliphatic heterocycles. The lowest BCUT2D eigenvalue weighted by atomic mass is 10.1. The summed E-state index contributed by atoms with van der Waals surface area (Å²) in [5.74, 6) is -0.468. The summed E-state index contributed by atoms with van der Waals surface area (Å²) in [5.41, 5.74) is -2.27. The smallest absolute Gasteiger partial charge is 0.433 e. The molecule has 124 valence electrons. The average molecular weight is 336 g/mol. The predicted octanol–water partition coefficient (Wildman–Crippen LogP) is 4.58. The minimum Gasteiger partial charge on any atom is -0.493 e. The van der Waals surface area contributed by atoms with Crippen LogP contribution < -0.4 is 4.74 Å². The van der Waals surface area contributed by atoms with Gasteiger partial charge in [0.25, 0.3) is 0 Å². The third-order valence-corrected chi connectivity index (χ3v) is 2.84. The molecule has 0 atom stereocenters. The van der Waals surface area contributed by atoms with Crippen LogP contribution >= 0.6 is 0 Å². The van der Waals surface area contributed by atoms with Gasteiger partial charge in [-0.05, 0) is 25.1 Å². The zero-order chi connectivity index (χ0) is 17.3. The van der Waals surface area contributed by atoms with Crippen LogP contribution in [-0.2, 0) is 12.4 Å². The number of rotatable bonds is 3. The van der Waals surface area contributed by atoms with Gasteiger partial charge < -0.3 is 4.74 Å². The zero-order valence-corrected chi connectivity index (χ0v) is 11.7. The number of benzene rings is 1. The largest absolute Gasteiger partial charge is 0.493 e. The monoisotopic (exact) mass is 336 g/mol. The molecule has 0 amide bonds. The summed E-state index contributed by atoms with van der Waals surface area (Å²) in [6.45, 7) is 1.48. The second kappa shape index (κ2) is 6.05. The van der Waals surface area contributed by atoms with Crippen LogP contribution in [0.15, 0.2) is 30.6 Å². The van der Waals surface area contributed by atoms with Crippen LogP contribution in [0.25, 0.3) is 11.3 Å². The van der Waals surface area contributed by atoms with Crippen LogP contribution in [0, 0.1) is 0 Å². The molecule has 0 spiro atoms. The van der Waals surface area contributed by atoms with Crippen molar-refractivity contribution in [2.45, 2.75) is 19.3 Å². The van der Waals surface area contributed by atoms with Crippen molar-refractivity contribution in [1.82, 2.24) is 9.97 Å². The lowest BCUT2D eigenvalue weighted by Crippen LogP contribution is -2.10. The minimum absolute atomic E-state index is 0.0237. The molecule has 0 fully saturated rings. The van der Waals surface area contributed by atoms with Gasteiger partial charge in [-0.3, -0.25) is 0 Å². The standard InChI is InChI=1S/C14H10F6N2O/c1-2-23-11-5-8(3-4-9(11)13(15,16)17)10-6-12(14(18,19)20)22-7-21-10/h3-7H,2H2,1H3. The van der Waals surface area contributed by atoms with Crippen LogP contribution in [0.1, 0.15) is 18.2 Å². The Morgan fingerprint density at radius 1 is 0.957 bits per heavy atom.